The van der Waals surface area contributed by atoms with Crippen LogP contribution in [-0.4, -0.2) is 40.5 Å². The van der Waals surface area contributed by atoms with Crippen LogP contribution in [0.4, 0.5) is 5.69 Å². The summed E-state index contributed by atoms with van der Waals surface area (Å²) in [5.74, 6) is -3.62. The van der Waals surface area contributed by atoms with E-state index >= 15 is 0 Å². The van der Waals surface area contributed by atoms with Crippen molar-refractivity contribution in [1.82, 2.24) is 5.32 Å². The van der Waals surface area contributed by atoms with Crippen molar-refractivity contribution in [2.45, 2.75) is 37.1 Å². The third-order valence-electron chi connectivity index (χ3n) is 7.43. The van der Waals surface area contributed by atoms with Gasteiger partial charge in [-0.1, -0.05) is 103 Å². The van der Waals surface area contributed by atoms with Gasteiger partial charge >= 0.3 is 11.9 Å². The van der Waals surface area contributed by atoms with Gasteiger partial charge in [-0.25, -0.2) is 4.79 Å². The smallest absolute Gasteiger partial charge is 0.326 e. The summed E-state index contributed by atoms with van der Waals surface area (Å²) in [6, 6.07) is 32.3. The van der Waals surface area contributed by atoms with Gasteiger partial charge < -0.3 is 15.2 Å². The average molecular weight is 581 g/mol. The van der Waals surface area contributed by atoms with Crippen molar-refractivity contribution in [3.05, 3.63) is 148 Å². The third-order valence-corrected chi connectivity index (χ3v) is 7.43. The van der Waals surface area contributed by atoms with Gasteiger partial charge in [0.05, 0.1) is 23.4 Å². The van der Waals surface area contributed by atoms with Crippen LogP contribution in [0.3, 0.4) is 0 Å². The summed E-state index contributed by atoms with van der Waals surface area (Å²) in [5, 5.41) is 24.2. The second kappa shape index (κ2) is 14.0. The molecule has 9 nitrogen and oxygen atoms in total. The van der Waals surface area contributed by atoms with Crippen LogP contribution in [-0.2, 0) is 24.5 Å². The number of nitro benzene ring substituents is 1. The van der Waals surface area contributed by atoms with Gasteiger partial charge in [-0.2, -0.15) is 0 Å². The van der Waals surface area contributed by atoms with E-state index in [1.165, 1.54) is 24.3 Å². The van der Waals surface area contributed by atoms with Crippen LogP contribution in [0.15, 0.2) is 115 Å². The van der Waals surface area contributed by atoms with Crippen LogP contribution in [0.1, 0.15) is 47.9 Å². The molecule has 0 radical (unpaired) electrons. The minimum atomic E-state index is -1.53. The summed E-state index contributed by atoms with van der Waals surface area (Å²) in [4.78, 5) is 49.9. The molecule has 0 aliphatic rings. The number of non-ortho nitro benzene ring substituents is 1. The Hall–Kier alpha value is -5.31. The molecule has 2 N–H and O–H groups in total. The number of carbonyl (C=O) groups excluding carboxylic acids is 2. The highest BCUT2D eigenvalue weighted by Crippen LogP contribution is 2.42. The number of hydrogen-bond donors (Lipinski definition) is 2. The number of hydrogen-bond acceptors (Lipinski definition) is 6. The molecule has 4 rings (SSSR count). The van der Waals surface area contributed by atoms with Crippen molar-refractivity contribution >= 4 is 23.5 Å². The number of ether oxygens (including phenoxy) is 1. The van der Waals surface area contributed by atoms with Crippen molar-refractivity contribution in [3.8, 4) is 0 Å². The normalized spacial score (nSPS) is 12.5. The number of carboxylic acid groups (broad SMARTS) is 1. The number of nitrogens with zero attached hydrogens (tertiary/aromatic N) is 1. The molecule has 1 amide bonds. The Kier molecular flexibility index (Phi) is 10.0. The topological polar surface area (TPSA) is 136 Å². The first-order valence-electron chi connectivity index (χ1n) is 13.8. The molecule has 0 heterocycles. The molecule has 0 saturated heterocycles. The Balaban J connectivity index is 1.77. The fourth-order valence-electron chi connectivity index (χ4n) is 5.44. The van der Waals surface area contributed by atoms with E-state index in [4.69, 9.17) is 4.74 Å². The number of aliphatic carboxylic acids is 1. The average Bonchev–Trinajstić information content (AvgIpc) is 3.03. The van der Waals surface area contributed by atoms with Gasteiger partial charge in [-0.15, -0.1) is 0 Å². The molecule has 0 saturated carbocycles. The Labute approximate surface area is 249 Å². The molecule has 220 valence electrons. The lowest BCUT2D eigenvalue weighted by Gasteiger charge is -2.36. The third kappa shape index (κ3) is 7.13. The second-order valence-corrected chi connectivity index (χ2v) is 10.0. The van der Waals surface area contributed by atoms with Gasteiger partial charge in [0.1, 0.15) is 6.04 Å². The van der Waals surface area contributed by atoms with E-state index in [-0.39, 0.29) is 25.1 Å². The standard InChI is InChI=1S/C34H32N2O7/c1-2-43-31(38)22-29(24-18-20-28(21-19-24)36(41)42)32(33(39)40)35-30(37)23-34(25-12-6-3-7-13-25,26-14-8-4-9-15-26)27-16-10-5-11-17-27/h3-21,29,32H,2,22-23H2,1H3,(H,35,37)(H,39,40)/t29-,32+/m1/s1. The number of amides is 1. The molecule has 43 heavy (non-hydrogen) atoms. The Morgan fingerprint density at radius 1 is 0.814 bits per heavy atom. The van der Waals surface area contributed by atoms with Crippen molar-refractivity contribution in [1.29, 1.82) is 0 Å². The van der Waals surface area contributed by atoms with Gasteiger partial charge in [0.15, 0.2) is 0 Å². The minimum Gasteiger partial charge on any atom is -0.480 e. The molecule has 0 bridgehead atoms. The largest absolute Gasteiger partial charge is 0.480 e. The summed E-state index contributed by atoms with van der Waals surface area (Å²) >= 11 is 0. The summed E-state index contributed by atoms with van der Waals surface area (Å²) in [6.45, 7) is 1.72. The van der Waals surface area contributed by atoms with Gasteiger partial charge in [0.2, 0.25) is 5.91 Å². The first-order chi connectivity index (χ1) is 20.8. The van der Waals surface area contributed by atoms with Gasteiger partial charge in [0, 0.05) is 24.5 Å². The van der Waals surface area contributed by atoms with E-state index in [9.17, 15) is 29.6 Å². The van der Waals surface area contributed by atoms with Crippen molar-refractivity contribution in [2.75, 3.05) is 6.61 Å². The van der Waals surface area contributed by atoms with Crippen LogP contribution >= 0.6 is 0 Å². The van der Waals surface area contributed by atoms with Crippen molar-refractivity contribution < 1.29 is 29.2 Å². The molecular weight excluding hydrogens is 548 g/mol. The van der Waals surface area contributed by atoms with Crippen LogP contribution < -0.4 is 5.32 Å². The maximum Gasteiger partial charge on any atom is 0.326 e. The highest BCUT2D eigenvalue weighted by atomic mass is 16.6. The fraction of sp³-hybridized carbons (Fsp3) is 0.206. The van der Waals surface area contributed by atoms with Crippen molar-refractivity contribution in [2.24, 2.45) is 0 Å². The molecule has 0 aliphatic heterocycles. The van der Waals surface area contributed by atoms with E-state index in [1.807, 2.05) is 91.0 Å². The maximum atomic E-state index is 14.0. The highest BCUT2D eigenvalue weighted by Gasteiger charge is 2.40. The fourth-order valence-corrected chi connectivity index (χ4v) is 5.44. The van der Waals surface area contributed by atoms with Crippen LogP contribution in [0, 0.1) is 10.1 Å². The molecule has 0 aliphatic carbocycles. The van der Waals surface area contributed by atoms with E-state index < -0.39 is 40.1 Å². The minimum absolute atomic E-state index is 0.0870. The van der Waals surface area contributed by atoms with E-state index in [1.54, 1.807) is 6.92 Å². The number of rotatable bonds is 13. The first-order valence-corrected chi connectivity index (χ1v) is 13.8. The number of benzene rings is 4. The second-order valence-electron chi connectivity index (χ2n) is 10.0. The summed E-state index contributed by atoms with van der Waals surface area (Å²) in [6.07, 6.45) is -0.495. The number of carbonyl (C=O) groups is 3. The monoisotopic (exact) mass is 580 g/mol. The molecule has 9 heteroatoms. The van der Waals surface area contributed by atoms with E-state index in [2.05, 4.69) is 5.32 Å². The number of esters is 1. The molecule has 4 aromatic carbocycles. The zero-order chi connectivity index (χ0) is 30.8. The number of carboxylic acids is 1. The summed E-state index contributed by atoms with van der Waals surface area (Å²) in [7, 11) is 0. The predicted octanol–water partition coefficient (Wildman–Crippen LogP) is 5.63. The lowest BCUT2D eigenvalue weighted by molar-refractivity contribution is -0.384. The molecule has 2 atom stereocenters. The van der Waals surface area contributed by atoms with Crippen LogP contribution in [0.2, 0.25) is 0 Å². The Morgan fingerprint density at radius 3 is 1.67 bits per heavy atom. The SMILES string of the molecule is CCOC(=O)C[C@H](c1ccc([N+](=O)[O-])cc1)[C@H](NC(=O)CC(c1ccccc1)(c1ccccc1)c1ccccc1)C(=O)O. The lowest BCUT2D eigenvalue weighted by atomic mass is 9.67. The molecule has 0 unspecified atom stereocenters. The van der Waals surface area contributed by atoms with Gasteiger partial charge in [0.25, 0.3) is 5.69 Å². The molecule has 4 aromatic rings. The molecule has 0 spiro atoms. The quantitative estimate of drug-likeness (QED) is 0.0906. The number of nitrogens with one attached hydrogen (secondary N) is 1. The molecule has 0 fully saturated rings. The maximum absolute atomic E-state index is 14.0. The van der Waals surface area contributed by atoms with Gasteiger partial charge in [-0.3, -0.25) is 19.7 Å². The molecular formula is C34H32N2O7. The van der Waals surface area contributed by atoms with Crippen molar-refractivity contribution in [3.63, 3.8) is 0 Å². The summed E-state index contributed by atoms with van der Waals surface area (Å²) in [5.41, 5.74) is 1.70. The summed E-state index contributed by atoms with van der Waals surface area (Å²) < 4.78 is 5.09. The lowest BCUT2D eigenvalue weighted by Crippen LogP contribution is -2.48. The highest BCUT2D eigenvalue weighted by molar-refractivity contribution is 5.87. The predicted molar refractivity (Wildman–Crippen MR) is 160 cm³/mol. The van der Waals surface area contributed by atoms with E-state index in [0.29, 0.717) is 5.56 Å². The molecule has 0 aromatic heterocycles. The Bertz CT molecular complexity index is 1450. The van der Waals surface area contributed by atoms with Crippen LogP contribution in [0.25, 0.3) is 0 Å². The Morgan fingerprint density at radius 2 is 1.28 bits per heavy atom. The van der Waals surface area contributed by atoms with Crippen LogP contribution in [0.5, 0.6) is 0 Å². The zero-order valence-electron chi connectivity index (χ0n) is 23.6. The first kappa shape index (κ1) is 30.6. The zero-order valence-corrected chi connectivity index (χ0v) is 23.6. The number of nitro groups is 1. The van der Waals surface area contributed by atoms with Gasteiger partial charge in [-0.05, 0) is 29.2 Å². The van der Waals surface area contributed by atoms with E-state index in [0.717, 1.165) is 16.7 Å².